The van der Waals surface area contributed by atoms with Crippen molar-refractivity contribution in [3.63, 3.8) is 0 Å². The van der Waals surface area contributed by atoms with E-state index in [9.17, 15) is 28.0 Å². The Balaban J connectivity index is 1.46. The number of amides is 3. The molecule has 1 aromatic heterocycles. The summed E-state index contributed by atoms with van der Waals surface area (Å²) >= 11 is 2.05. The number of aromatic nitrogens is 1. The first-order valence-electron chi connectivity index (χ1n) is 10.7. The first-order valence-corrected chi connectivity index (χ1v) is 12.4. The number of thiazole rings is 1. The van der Waals surface area contributed by atoms with Crippen molar-refractivity contribution < 1.29 is 23.2 Å². The molecule has 3 aromatic rings. The minimum atomic E-state index is -0.852. The summed E-state index contributed by atoms with van der Waals surface area (Å²) in [5.41, 5.74) is -0.185. The highest BCUT2D eigenvalue weighted by atomic mass is 32.2. The van der Waals surface area contributed by atoms with Gasteiger partial charge in [-0.15, -0.1) is 0 Å². The van der Waals surface area contributed by atoms with Crippen LogP contribution in [-0.4, -0.2) is 27.5 Å². The predicted molar refractivity (Wildman–Crippen MR) is 129 cm³/mol. The van der Waals surface area contributed by atoms with Crippen molar-refractivity contribution >= 4 is 52.2 Å². The molecule has 3 amide bonds. The molecule has 7 nitrogen and oxygen atoms in total. The number of fused-ring (bicyclic) bond motifs is 2. The quantitative estimate of drug-likeness (QED) is 0.535. The maximum absolute atomic E-state index is 13.4. The second-order valence-corrected chi connectivity index (χ2v) is 11.0. The molecule has 0 bridgehead atoms. The lowest BCUT2D eigenvalue weighted by Gasteiger charge is -2.36. The van der Waals surface area contributed by atoms with Crippen molar-refractivity contribution in [1.29, 1.82) is 0 Å². The van der Waals surface area contributed by atoms with E-state index < -0.39 is 45.9 Å². The van der Waals surface area contributed by atoms with E-state index in [1.54, 1.807) is 13.8 Å². The number of hydrogen-bond donors (Lipinski definition) is 1. The maximum atomic E-state index is 13.4. The van der Waals surface area contributed by atoms with E-state index in [2.05, 4.69) is 5.32 Å². The third kappa shape index (κ3) is 3.88. The predicted octanol–water partition coefficient (Wildman–Crippen LogP) is 3.77. The molecule has 1 fully saturated rings. The molecule has 0 saturated carbocycles. The van der Waals surface area contributed by atoms with Gasteiger partial charge < -0.3 is 5.32 Å². The van der Waals surface area contributed by atoms with Gasteiger partial charge >= 0.3 is 4.87 Å². The summed E-state index contributed by atoms with van der Waals surface area (Å²) in [4.78, 5) is 53.5. The van der Waals surface area contributed by atoms with Gasteiger partial charge in [0.1, 0.15) is 23.4 Å². The summed E-state index contributed by atoms with van der Waals surface area (Å²) < 4.78 is 27.8. The number of carbonyl (C=O) groups excluding carboxylic acids is 3. The van der Waals surface area contributed by atoms with Crippen molar-refractivity contribution in [2.24, 2.45) is 5.92 Å². The van der Waals surface area contributed by atoms with E-state index >= 15 is 0 Å². The molecule has 2 aliphatic heterocycles. The monoisotopic (exact) mass is 515 g/mol. The molecule has 1 N–H and O–H groups in total. The summed E-state index contributed by atoms with van der Waals surface area (Å²) in [6.45, 7) is 3.31. The lowest BCUT2D eigenvalue weighted by atomic mass is 9.76. The average Bonchev–Trinajstić information content (AvgIpc) is 3.25. The molecule has 35 heavy (non-hydrogen) atoms. The molecule has 2 atom stereocenters. The highest BCUT2D eigenvalue weighted by Gasteiger charge is 2.59. The number of thioether (sulfide) groups is 1. The third-order valence-corrected chi connectivity index (χ3v) is 9.04. The molecule has 1 saturated heterocycles. The fourth-order valence-electron chi connectivity index (χ4n) is 4.49. The standard InChI is InChI=1S/C24H19F2N3O4S2/c1-24(2)17-18(21(32)29(20(17)31)15-9-5-13(26)6-10-15)34-22-19(24)35-23(33)28(22)11-16(30)27-14-7-3-12(25)4-8-14/h3-10,17-18H,11H2,1-2H3,(H,27,30). The Hall–Kier alpha value is -3.31. The molecule has 5 rings (SSSR count). The first kappa shape index (κ1) is 23.4. The Morgan fingerprint density at radius 2 is 1.57 bits per heavy atom. The van der Waals surface area contributed by atoms with Crippen LogP contribution in [0.1, 0.15) is 18.7 Å². The Kier molecular flexibility index (Phi) is 5.64. The lowest BCUT2D eigenvalue weighted by molar-refractivity contribution is -0.123. The SMILES string of the molecule is CC1(C)c2sc(=O)n(CC(=O)Nc3ccc(F)cc3)c2SC2C(=O)N(c3ccc(F)cc3)C(=O)C21. The number of rotatable bonds is 4. The fourth-order valence-corrected chi connectivity index (χ4v) is 7.53. The Bertz CT molecular complexity index is 1410. The number of anilines is 2. The molecular weight excluding hydrogens is 496 g/mol. The maximum Gasteiger partial charge on any atom is 0.308 e. The van der Waals surface area contributed by atoms with Gasteiger partial charge in [-0.1, -0.05) is 36.9 Å². The van der Waals surface area contributed by atoms with Crippen LogP contribution >= 0.6 is 23.1 Å². The minimum absolute atomic E-state index is 0.284. The molecule has 0 spiro atoms. The van der Waals surface area contributed by atoms with Crippen LogP contribution in [0.5, 0.6) is 0 Å². The van der Waals surface area contributed by atoms with Gasteiger partial charge in [0, 0.05) is 16.0 Å². The molecule has 0 aliphatic carbocycles. The summed E-state index contributed by atoms with van der Waals surface area (Å²) in [6, 6.07) is 10.4. The van der Waals surface area contributed by atoms with Crippen molar-refractivity contribution in [2.75, 3.05) is 10.2 Å². The topological polar surface area (TPSA) is 88.5 Å². The Labute approximate surface area is 206 Å². The smallest absolute Gasteiger partial charge is 0.308 e. The van der Waals surface area contributed by atoms with Gasteiger partial charge in [0.2, 0.25) is 17.7 Å². The second-order valence-electron chi connectivity index (χ2n) is 8.87. The molecule has 2 aliphatic rings. The van der Waals surface area contributed by atoms with E-state index in [0.717, 1.165) is 28.0 Å². The Morgan fingerprint density at radius 1 is 0.971 bits per heavy atom. The van der Waals surface area contributed by atoms with E-state index in [1.165, 1.54) is 53.1 Å². The number of halogens is 2. The van der Waals surface area contributed by atoms with Crippen LogP contribution in [-0.2, 0) is 26.3 Å². The highest BCUT2D eigenvalue weighted by Crippen LogP contribution is 2.54. The zero-order chi connectivity index (χ0) is 25.1. The average molecular weight is 516 g/mol. The number of nitrogens with one attached hydrogen (secondary N) is 1. The number of nitrogens with zero attached hydrogens (tertiary/aromatic N) is 2. The molecule has 0 radical (unpaired) electrons. The van der Waals surface area contributed by atoms with E-state index in [1.807, 2.05) is 0 Å². The second kappa shape index (κ2) is 8.42. The van der Waals surface area contributed by atoms with Crippen LogP contribution in [0.25, 0.3) is 0 Å². The molecule has 2 unspecified atom stereocenters. The molecule has 3 heterocycles. The van der Waals surface area contributed by atoms with E-state index in [4.69, 9.17) is 0 Å². The van der Waals surface area contributed by atoms with Crippen molar-refractivity contribution in [3.05, 3.63) is 74.7 Å². The van der Waals surface area contributed by atoms with Gasteiger partial charge in [-0.3, -0.25) is 23.7 Å². The van der Waals surface area contributed by atoms with Gasteiger partial charge in [0.25, 0.3) is 0 Å². The van der Waals surface area contributed by atoms with Gasteiger partial charge in [-0.05, 0) is 48.5 Å². The molecular formula is C24H19F2N3O4S2. The summed E-state index contributed by atoms with van der Waals surface area (Å²) in [6.07, 6.45) is 0. The number of hydrogen-bond acceptors (Lipinski definition) is 6. The van der Waals surface area contributed by atoms with E-state index in [0.29, 0.717) is 15.6 Å². The largest absolute Gasteiger partial charge is 0.325 e. The van der Waals surface area contributed by atoms with Crippen molar-refractivity contribution in [2.45, 2.75) is 36.1 Å². The lowest BCUT2D eigenvalue weighted by Crippen LogP contribution is -2.41. The number of benzene rings is 2. The first-order chi connectivity index (χ1) is 16.6. The van der Waals surface area contributed by atoms with Gasteiger partial charge in [0.05, 0.1) is 16.6 Å². The van der Waals surface area contributed by atoms with Crippen LogP contribution in [0.2, 0.25) is 0 Å². The minimum Gasteiger partial charge on any atom is -0.325 e. The van der Waals surface area contributed by atoms with Crippen molar-refractivity contribution in [3.8, 4) is 0 Å². The van der Waals surface area contributed by atoms with E-state index in [-0.39, 0.29) is 17.1 Å². The molecule has 11 heteroatoms. The van der Waals surface area contributed by atoms with Gasteiger partial charge in [-0.2, -0.15) is 0 Å². The van der Waals surface area contributed by atoms with Gasteiger partial charge in [-0.25, -0.2) is 13.7 Å². The van der Waals surface area contributed by atoms with Crippen LogP contribution in [0, 0.1) is 17.6 Å². The summed E-state index contributed by atoms with van der Waals surface area (Å²) in [7, 11) is 0. The zero-order valence-corrected chi connectivity index (χ0v) is 20.2. The number of imide groups is 1. The normalized spacial score (nSPS) is 20.5. The van der Waals surface area contributed by atoms with Gasteiger partial charge in [0.15, 0.2) is 0 Å². The Morgan fingerprint density at radius 3 is 2.20 bits per heavy atom. The molecule has 180 valence electrons. The zero-order valence-electron chi connectivity index (χ0n) is 18.6. The van der Waals surface area contributed by atoms with Crippen LogP contribution in [0.4, 0.5) is 20.2 Å². The van der Waals surface area contributed by atoms with Crippen LogP contribution in [0.3, 0.4) is 0 Å². The van der Waals surface area contributed by atoms with Crippen LogP contribution in [0.15, 0.2) is 58.4 Å². The van der Waals surface area contributed by atoms with Crippen molar-refractivity contribution in [1.82, 2.24) is 4.57 Å². The number of carbonyl (C=O) groups is 3. The fraction of sp³-hybridized carbons (Fsp3) is 0.250. The summed E-state index contributed by atoms with van der Waals surface area (Å²) in [5, 5.41) is 2.31. The third-order valence-electron chi connectivity index (χ3n) is 6.22. The summed E-state index contributed by atoms with van der Waals surface area (Å²) in [5.74, 6) is -2.99. The molecule has 2 aromatic carbocycles. The van der Waals surface area contributed by atoms with Crippen LogP contribution < -0.4 is 15.1 Å². The highest BCUT2D eigenvalue weighted by molar-refractivity contribution is 8.00.